The second kappa shape index (κ2) is 7.79. The van der Waals surface area contributed by atoms with E-state index in [4.69, 9.17) is 9.15 Å². The van der Waals surface area contributed by atoms with Crippen LogP contribution in [0, 0.1) is 6.92 Å². The lowest BCUT2D eigenvalue weighted by atomic mass is 10.1. The van der Waals surface area contributed by atoms with Gasteiger partial charge in [0, 0.05) is 30.9 Å². The van der Waals surface area contributed by atoms with Gasteiger partial charge >= 0.3 is 0 Å². The molecule has 0 fully saturated rings. The first-order valence-electron chi connectivity index (χ1n) is 8.35. The Kier molecular flexibility index (Phi) is 5.28. The second-order valence-electron chi connectivity index (χ2n) is 6.06. The van der Waals surface area contributed by atoms with Crippen LogP contribution in [-0.2, 0) is 6.42 Å². The summed E-state index contributed by atoms with van der Waals surface area (Å²) in [6.07, 6.45) is 5.71. The summed E-state index contributed by atoms with van der Waals surface area (Å²) in [6, 6.07) is 8.12. The van der Waals surface area contributed by atoms with Gasteiger partial charge in [0.1, 0.15) is 6.26 Å². The largest absolute Gasteiger partial charge is 0.472 e. The summed E-state index contributed by atoms with van der Waals surface area (Å²) >= 11 is 0. The number of benzene rings is 1. The van der Waals surface area contributed by atoms with Crippen molar-refractivity contribution >= 4 is 5.82 Å². The number of aryl methyl sites for hydroxylation is 1. The smallest absolute Gasteiger partial charge is 0.257 e. The van der Waals surface area contributed by atoms with Crippen molar-refractivity contribution in [3.8, 4) is 17.3 Å². The van der Waals surface area contributed by atoms with Crippen LogP contribution in [0.2, 0.25) is 0 Å². The number of anilines is 1. The number of aromatic nitrogens is 3. The van der Waals surface area contributed by atoms with Crippen molar-refractivity contribution in [1.82, 2.24) is 15.0 Å². The molecule has 0 unspecified atom stereocenters. The van der Waals surface area contributed by atoms with Gasteiger partial charge in [-0.2, -0.15) is 0 Å². The van der Waals surface area contributed by atoms with Crippen LogP contribution in [0.4, 0.5) is 5.82 Å². The molecule has 6 nitrogen and oxygen atoms in total. The molecule has 0 atom stereocenters. The third-order valence-corrected chi connectivity index (χ3v) is 3.54. The molecule has 0 aliphatic carbocycles. The molecular weight excluding hydrogens is 316 g/mol. The van der Waals surface area contributed by atoms with Crippen molar-refractivity contribution in [2.75, 3.05) is 11.9 Å². The summed E-state index contributed by atoms with van der Waals surface area (Å²) in [5, 5.41) is 3.24. The van der Waals surface area contributed by atoms with Crippen molar-refractivity contribution in [2.24, 2.45) is 0 Å². The number of ether oxygens (including phenoxy) is 1. The minimum Gasteiger partial charge on any atom is -0.472 e. The number of nitrogens with one attached hydrogen (secondary N) is 1. The maximum absolute atomic E-state index is 5.65. The van der Waals surface area contributed by atoms with Crippen LogP contribution in [0.1, 0.15) is 25.1 Å². The van der Waals surface area contributed by atoms with E-state index in [-0.39, 0.29) is 6.10 Å². The first kappa shape index (κ1) is 17.0. The summed E-state index contributed by atoms with van der Waals surface area (Å²) in [4.78, 5) is 13.0. The molecule has 6 heteroatoms. The zero-order chi connectivity index (χ0) is 17.6. The topological polar surface area (TPSA) is 73.1 Å². The van der Waals surface area contributed by atoms with Crippen LogP contribution in [0.5, 0.6) is 5.88 Å². The fraction of sp³-hybridized carbons (Fsp3) is 0.316. The molecule has 0 aliphatic rings. The van der Waals surface area contributed by atoms with Crippen molar-refractivity contribution in [2.45, 2.75) is 33.3 Å². The summed E-state index contributed by atoms with van der Waals surface area (Å²) in [5.74, 6) is 1.79. The molecule has 1 aromatic carbocycles. The molecule has 0 spiro atoms. The molecule has 0 saturated carbocycles. The van der Waals surface area contributed by atoms with E-state index in [0.29, 0.717) is 30.6 Å². The number of hydrogen-bond acceptors (Lipinski definition) is 6. The maximum Gasteiger partial charge on any atom is 0.257 e. The average Bonchev–Trinajstić information content (AvgIpc) is 3.05. The van der Waals surface area contributed by atoms with Gasteiger partial charge in [-0.1, -0.05) is 17.7 Å². The lowest BCUT2D eigenvalue weighted by molar-refractivity contribution is 0.233. The standard InChI is InChI=1S/C19H22N4O2/c1-13(2)25-19-17(21-10-11-22-19)20-9-8-16-12-24-18(23-16)15-6-4-14(3)5-7-15/h4-7,10-13H,8-9H2,1-3H3,(H,20,21). The van der Waals surface area contributed by atoms with Crippen molar-refractivity contribution in [3.63, 3.8) is 0 Å². The maximum atomic E-state index is 5.65. The number of nitrogens with zero attached hydrogens (tertiary/aromatic N) is 3. The lowest BCUT2D eigenvalue weighted by Crippen LogP contribution is -2.12. The van der Waals surface area contributed by atoms with E-state index in [1.165, 1.54) is 5.56 Å². The van der Waals surface area contributed by atoms with E-state index in [2.05, 4.69) is 27.2 Å². The molecule has 3 rings (SSSR count). The Balaban J connectivity index is 1.59. The summed E-state index contributed by atoms with van der Waals surface area (Å²) in [6.45, 7) is 6.63. The van der Waals surface area contributed by atoms with Gasteiger partial charge in [-0.15, -0.1) is 0 Å². The van der Waals surface area contributed by atoms with Crippen LogP contribution in [0.3, 0.4) is 0 Å². The minimum absolute atomic E-state index is 0.0462. The molecule has 25 heavy (non-hydrogen) atoms. The zero-order valence-electron chi connectivity index (χ0n) is 14.7. The quantitative estimate of drug-likeness (QED) is 0.705. The highest BCUT2D eigenvalue weighted by molar-refractivity contribution is 5.53. The molecule has 0 radical (unpaired) electrons. The number of rotatable bonds is 7. The Hall–Kier alpha value is -2.89. The van der Waals surface area contributed by atoms with Crippen molar-refractivity contribution < 1.29 is 9.15 Å². The van der Waals surface area contributed by atoms with Crippen LogP contribution in [-0.4, -0.2) is 27.6 Å². The van der Waals surface area contributed by atoms with Crippen molar-refractivity contribution in [1.29, 1.82) is 0 Å². The van der Waals surface area contributed by atoms with Gasteiger partial charge in [0.15, 0.2) is 5.82 Å². The molecule has 2 heterocycles. The normalized spacial score (nSPS) is 10.9. The predicted octanol–water partition coefficient (Wildman–Crippen LogP) is 3.88. The first-order chi connectivity index (χ1) is 12.1. The molecule has 1 N–H and O–H groups in total. The van der Waals surface area contributed by atoms with Gasteiger partial charge in [0.2, 0.25) is 5.89 Å². The van der Waals surface area contributed by atoms with E-state index in [0.717, 1.165) is 11.3 Å². The second-order valence-corrected chi connectivity index (χ2v) is 6.06. The number of hydrogen-bond donors (Lipinski definition) is 1. The Morgan fingerprint density at radius 1 is 1.12 bits per heavy atom. The summed E-state index contributed by atoms with van der Waals surface area (Å²) in [5.41, 5.74) is 3.08. The Labute approximate surface area is 147 Å². The Bertz CT molecular complexity index is 812. The highest BCUT2D eigenvalue weighted by atomic mass is 16.5. The molecule has 0 bridgehead atoms. The minimum atomic E-state index is 0.0462. The highest BCUT2D eigenvalue weighted by Gasteiger charge is 2.09. The van der Waals surface area contributed by atoms with E-state index < -0.39 is 0 Å². The van der Waals surface area contributed by atoms with E-state index >= 15 is 0 Å². The molecular formula is C19H22N4O2. The highest BCUT2D eigenvalue weighted by Crippen LogP contribution is 2.20. The van der Waals surface area contributed by atoms with Gasteiger partial charge in [0.05, 0.1) is 11.8 Å². The molecule has 0 saturated heterocycles. The Morgan fingerprint density at radius 2 is 1.88 bits per heavy atom. The SMILES string of the molecule is Cc1ccc(-c2nc(CCNc3nccnc3OC(C)C)co2)cc1. The zero-order valence-corrected chi connectivity index (χ0v) is 14.7. The predicted molar refractivity (Wildman–Crippen MR) is 96.7 cm³/mol. The fourth-order valence-electron chi connectivity index (χ4n) is 2.32. The third-order valence-electron chi connectivity index (χ3n) is 3.54. The number of oxazole rings is 1. The molecule has 2 aromatic heterocycles. The van der Waals surface area contributed by atoms with Crippen molar-refractivity contribution in [3.05, 3.63) is 54.2 Å². The van der Waals surface area contributed by atoms with Crippen LogP contribution in [0.25, 0.3) is 11.5 Å². The van der Waals surface area contributed by atoms with Gasteiger partial charge in [-0.05, 0) is 32.9 Å². The summed E-state index contributed by atoms with van der Waals surface area (Å²) < 4.78 is 11.2. The van der Waals surface area contributed by atoms with Gasteiger partial charge in [0.25, 0.3) is 5.88 Å². The molecule has 130 valence electrons. The van der Waals surface area contributed by atoms with Crippen LogP contribution >= 0.6 is 0 Å². The third kappa shape index (κ3) is 4.56. The molecule has 0 aliphatic heterocycles. The first-order valence-corrected chi connectivity index (χ1v) is 8.35. The van der Waals surface area contributed by atoms with Gasteiger partial charge < -0.3 is 14.5 Å². The molecule has 0 amide bonds. The van der Waals surface area contributed by atoms with Crippen LogP contribution in [0.15, 0.2) is 47.3 Å². The van der Waals surface area contributed by atoms with Gasteiger partial charge in [-0.3, -0.25) is 0 Å². The van der Waals surface area contributed by atoms with E-state index in [1.54, 1.807) is 18.7 Å². The average molecular weight is 338 g/mol. The van der Waals surface area contributed by atoms with Gasteiger partial charge in [-0.25, -0.2) is 15.0 Å². The van der Waals surface area contributed by atoms with E-state index in [9.17, 15) is 0 Å². The Morgan fingerprint density at radius 3 is 2.64 bits per heavy atom. The fourth-order valence-corrected chi connectivity index (χ4v) is 2.32. The monoisotopic (exact) mass is 338 g/mol. The van der Waals surface area contributed by atoms with E-state index in [1.807, 2.05) is 38.1 Å². The molecule has 3 aromatic rings. The lowest BCUT2D eigenvalue weighted by Gasteiger charge is -2.12. The summed E-state index contributed by atoms with van der Waals surface area (Å²) in [7, 11) is 0. The van der Waals surface area contributed by atoms with Crippen LogP contribution < -0.4 is 10.1 Å².